The average molecular weight is 493 g/mol. The van der Waals surface area contributed by atoms with E-state index in [9.17, 15) is 9.18 Å². The van der Waals surface area contributed by atoms with Gasteiger partial charge in [0.25, 0.3) is 0 Å². The third kappa shape index (κ3) is 10.5. The quantitative estimate of drug-likeness (QED) is 0.310. The van der Waals surface area contributed by atoms with Crippen LogP contribution in [0.2, 0.25) is 0 Å². The van der Waals surface area contributed by atoms with E-state index in [1.807, 2.05) is 41.8 Å². The maximum absolute atomic E-state index is 13.2. The van der Waals surface area contributed by atoms with Crippen LogP contribution >= 0.6 is 24.0 Å². The number of benzene rings is 1. The zero-order valence-electron chi connectivity index (χ0n) is 17.1. The van der Waals surface area contributed by atoms with Crippen molar-refractivity contribution in [3.8, 4) is 0 Å². The lowest BCUT2D eigenvalue weighted by molar-refractivity contribution is -0.121. The molecule has 0 saturated heterocycles. The largest absolute Gasteiger partial charge is 0.357 e. The maximum Gasteiger partial charge on any atom is 0.242 e. The first-order chi connectivity index (χ1) is 12.1. The Morgan fingerprint density at radius 3 is 2.26 bits per heavy atom. The monoisotopic (exact) mass is 493 g/mol. The van der Waals surface area contributed by atoms with Crippen molar-refractivity contribution in [2.45, 2.75) is 39.3 Å². The zero-order valence-corrected chi connectivity index (χ0v) is 19.4. The third-order valence-electron chi connectivity index (χ3n) is 3.58. The number of halogens is 2. The van der Waals surface area contributed by atoms with Gasteiger partial charge in [0.15, 0.2) is 5.96 Å². The standard InChI is InChI=1S/C19H32FN5O.HI/c1-7-21-18(23-13-17(26)24-19(2,3)4)22-12-16(25(5)6)14-8-10-15(20)11-9-14;/h8-11,16H,7,12-13H2,1-6H3,(H,24,26)(H2,21,22,23);1H. The van der Waals surface area contributed by atoms with E-state index in [0.29, 0.717) is 19.0 Å². The zero-order chi connectivity index (χ0) is 19.7. The van der Waals surface area contributed by atoms with E-state index in [4.69, 9.17) is 0 Å². The first-order valence-corrected chi connectivity index (χ1v) is 8.87. The molecule has 1 aromatic carbocycles. The molecule has 0 aromatic heterocycles. The van der Waals surface area contributed by atoms with Gasteiger partial charge in [-0.15, -0.1) is 24.0 Å². The molecular formula is C19H33FIN5O. The molecule has 3 N–H and O–H groups in total. The second-order valence-electron chi connectivity index (χ2n) is 7.41. The van der Waals surface area contributed by atoms with Gasteiger partial charge in [-0.2, -0.15) is 0 Å². The van der Waals surface area contributed by atoms with Crippen LogP contribution in [0.3, 0.4) is 0 Å². The van der Waals surface area contributed by atoms with E-state index in [1.54, 1.807) is 12.1 Å². The van der Waals surface area contributed by atoms with Gasteiger partial charge < -0.3 is 20.9 Å². The normalized spacial score (nSPS) is 13.0. The predicted octanol–water partition coefficient (Wildman–Crippen LogP) is 2.52. The fourth-order valence-corrected chi connectivity index (χ4v) is 2.43. The van der Waals surface area contributed by atoms with E-state index in [0.717, 1.165) is 5.56 Å². The molecule has 0 aliphatic rings. The summed E-state index contributed by atoms with van der Waals surface area (Å²) >= 11 is 0. The number of nitrogens with one attached hydrogen (secondary N) is 3. The molecule has 8 heteroatoms. The Hall–Kier alpha value is -1.42. The van der Waals surface area contributed by atoms with Gasteiger partial charge in [0.2, 0.25) is 5.91 Å². The highest BCUT2D eigenvalue weighted by atomic mass is 127. The topological polar surface area (TPSA) is 68.8 Å². The lowest BCUT2D eigenvalue weighted by Gasteiger charge is -2.26. The molecule has 27 heavy (non-hydrogen) atoms. The molecule has 0 aliphatic carbocycles. The summed E-state index contributed by atoms with van der Waals surface area (Å²) in [4.78, 5) is 18.3. The van der Waals surface area contributed by atoms with Crippen LogP contribution in [-0.2, 0) is 4.79 Å². The Morgan fingerprint density at radius 2 is 1.78 bits per heavy atom. The SMILES string of the molecule is CCNC(=NCC(=O)NC(C)(C)C)NCC(c1ccc(F)cc1)N(C)C.I. The molecule has 0 heterocycles. The smallest absolute Gasteiger partial charge is 0.242 e. The molecule has 1 atom stereocenters. The van der Waals surface area contributed by atoms with Crippen molar-refractivity contribution in [3.05, 3.63) is 35.6 Å². The molecule has 0 fully saturated rings. The van der Waals surface area contributed by atoms with Crippen molar-refractivity contribution in [3.63, 3.8) is 0 Å². The van der Waals surface area contributed by atoms with Crippen molar-refractivity contribution in [2.24, 2.45) is 4.99 Å². The number of hydrogen-bond acceptors (Lipinski definition) is 3. The van der Waals surface area contributed by atoms with Crippen LogP contribution in [0.5, 0.6) is 0 Å². The molecule has 154 valence electrons. The van der Waals surface area contributed by atoms with Gasteiger partial charge in [-0.3, -0.25) is 4.79 Å². The summed E-state index contributed by atoms with van der Waals surface area (Å²) in [6.45, 7) is 9.08. The Bertz CT molecular complexity index is 599. The summed E-state index contributed by atoms with van der Waals surface area (Å²) in [5, 5.41) is 9.28. The summed E-state index contributed by atoms with van der Waals surface area (Å²) in [5.41, 5.74) is 0.724. The van der Waals surface area contributed by atoms with Gasteiger partial charge in [0.05, 0.1) is 6.04 Å². The first kappa shape index (κ1) is 25.6. The van der Waals surface area contributed by atoms with Crippen molar-refractivity contribution in [2.75, 3.05) is 33.7 Å². The summed E-state index contributed by atoms with van der Waals surface area (Å²) in [6.07, 6.45) is 0. The van der Waals surface area contributed by atoms with E-state index in [1.165, 1.54) is 12.1 Å². The Labute approximate surface area is 179 Å². The number of rotatable bonds is 7. The van der Waals surface area contributed by atoms with Crippen LogP contribution in [0.25, 0.3) is 0 Å². The Kier molecular flexibility index (Phi) is 11.5. The van der Waals surface area contributed by atoms with Gasteiger partial charge in [-0.25, -0.2) is 9.38 Å². The fourth-order valence-electron chi connectivity index (χ4n) is 2.43. The molecule has 0 spiro atoms. The van der Waals surface area contributed by atoms with Crippen LogP contribution < -0.4 is 16.0 Å². The molecule has 1 unspecified atom stereocenters. The van der Waals surface area contributed by atoms with E-state index in [2.05, 4.69) is 25.8 Å². The van der Waals surface area contributed by atoms with E-state index in [-0.39, 0.29) is 53.8 Å². The first-order valence-electron chi connectivity index (χ1n) is 8.87. The van der Waals surface area contributed by atoms with E-state index >= 15 is 0 Å². The van der Waals surface area contributed by atoms with Gasteiger partial charge in [-0.05, 0) is 59.5 Å². The molecule has 0 radical (unpaired) electrons. The summed E-state index contributed by atoms with van der Waals surface area (Å²) in [7, 11) is 3.94. The minimum Gasteiger partial charge on any atom is -0.357 e. The number of amides is 1. The third-order valence-corrected chi connectivity index (χ3v) is 3.58. The highest BCUT2D eigenvalue weighted by Gasteiger charge is 2.16. The molecule has 0 aliphatic heterocycles. The number of carbonyl (C=O) groups excluding carboxylic acids is 1. The van der Waals surface area contributed by atoms with Gasteiger partial charge >= 0.3 is 0 Å². The second kappa shape index (κ2) is 12.1. The molecular weight excluding hydrogens is 460 g/mol. The van der Waals surface area contributed by atoms with Gasteiger partial charge in [0.1, 0.15) is 12.4 Å². The minimum absolute atomic E-state index is 0. The second-order valence-corrected chi connectivity index (χ2v) is 7.41. The van der Waals surface area contributed by atoms with Crippen molar-refractivity contribution in [1.82, 2.24) is 20.9 Å². The van der Waals surface area contributed by atoms with Crippen LogP contribution in [0.4, 0.5) is 4.39 Å². The average Bonchev–Trinajstić information content (AvgIpc) is 2.52. The number of hydrogen-bond donors (Lipinski definition) is 3. The van der Waals surface area contributed by atoms with Crippen molar-refractivity contribution < 1.29 is 9.18 Å². The number of carbonyl (C=O) groups is 1. The van der Waals surface area contributed by atoms with Gasteiger partial charge in [0, 0.05) is 18.6 Å². The highest BCUT2D eigenvalue weighted by molar-refractivity contribution is 14.0. The van der Waals surface area contributed by atoms with Crippen molar-refractivity contribution >= 4 is 35.8 Å². The minimum atomic E-state index is -0.281. The molecule has 1 aromatic rings. The summed E-state index contributed by atoms with van der Waals surface area (Å²) < 4.78 is 13.2. The number of guanidine groups is 1. The van der Waals surface area contributed by atoms with Crippen LogP contribution in [0, 0.1) is 5.82 Å². The molecule has 6 nitrogen and oxygen atoms in total. The molecule has 0 bridgehead atoms. The molecule has 1 amide bonds. The van der Waals surface area contributed by atoms with Crippen molar-refractivity contribution in [1.29, 1.82) is 0 Å². The van der Waals surface area contributed by atoms with Crippen LogP contribution in [-0.4, -0.2) is 56.0 Å². The predicted molar refractivity (Wildman–Crippen MR) is 120 cm³/mol. The Balaban J connectivity index is 0.00000676. The number of nitrogens with zero attached hydrogens (tertiary/aromatic N) is 2. The Morgan fingerprint density at radius 1 is 1.19 bits per heavy atom. The lowest BCUT2D eigenvalue weighted by atomic mass is 10.1. The lowest BCUT2D eigenvalue weighted by Crippen LogP contribution is -2.44. The fraction of sp³-hybridized carbons (Fsp3) is 0.579. The molecule has 1 rings (SSSR count). The summed E-state index contributed by atoms with van der Waals surface area (Å²) in [5.74, 6) is 0.196. The maximum atomic E-state index is 13.2. The number of aliphatic imine (C=N–C) groups is 1. The van der Waals surface area contributed by atoms with Crippen LogP contribution in [0.15, 0.2) is 29.3 Å². The highest BCUT2D eigenvalue weighted by Crippen LogP contribution is 2.17. The van der Waals surface area contributed by atoms with E-state index < -0.39 is 0 Å². The number of likely N-dealkylation sites (N-methyl/N-ethyl adjacent to an activating group) is 1. The van der Waals surface area contributed by atoms with Gasteiger partial charge in [-0.1, -0.05) is 12.1 Å². The van der Waals surface area contributed by atoms with Crippen LogP contribution in [0.1, 0.15) is 39.3 Å². The summed E-state index contributed by atoms with van der Waals surface area (Å²) in [6, 6.07) is 6.53. The molecule has 0 saturated carbocycles.